The maximum atomic E-state index is 4.79. The third-order valence-electron chi connectivity index (χ3n) is 3.87. The van der Waals surface area contributed by atoms with Gasteiger partial charge < -0.3 is 4.57 Å². The number of benzene rings is 1. The topological polar surface area (TPSA) is 30.2 Å². The summed E-state index contributed by atoms with van der Waals surface area (Å²) in [6, 6.07) is 6.47. The van der Waals surface area contributed by atoms with E-state index in [-0.39, 0.29) is 10.9 Å². The van der Waals surface area contributed by atoms with E-state index in [2.05, 4.69) is 36.4 Å². The Morgan fingerprint density at radius 3 is 3.10 bits per heavy atom. The largest absolute Gasteiger partial charge is 0.324 e. The van der Waals surface area contributed by atoms with Crippen LogP contribution in [0.25, 0.3) is 11.0 Å². The second-order valence-electron chi connectivity index (χ2n) is 5.32. The fraction of sp³-hybridized carbons (Fsp3) is 0.500. The molecule has 0 fully saturated rings. The van der Waals surface area contributed by atoms with Crippen LogP contribution in [0.4, 0.5) is 0 Å². The maximum absolute atomic E-state index is 4.79. The number of fused-ring (bicyclic) bond motifs is 1. The number of imidazole rings is 1. The Kier molecular flexibility index (Phi) is 4.10. The first kappa shape index (κ1) is 13.7. The molecule has 3 nitrogen and oxygen atoms in total. The molecule has 1 aliphatic heterocycles. The van der Waals surface area contributed by atoms with Gasteiger partial charge in [-0.05, 0) is 25.0 Å². The van der Waals surface area contributed by atoms with Crippen LogP contribution in [0.5, 0.6) is 0 Å². The second-order valence-corrected chi connectivity index (χ2v) is 7.62. The van der Waals surface area contributed by atoms with Crippen molar-refractivity contribution in [1.29, 1.82) is 0 Å². The molecule has 1 radical (unpaired) electrons. The molecule has 1 unspecified atom stereocenters. The normalized spacial score (nSPS) is 20.5. The first-order valence-corrected chi connectivity index (χ1v) is 8.98. The summed E-state index contributed by atoms with van der Waals surface area (Å²) in [6.07, 6.45) is 8.09. The summed E-state index contributed by atoms with van der Waals surface area (Å²) in [5.41, 5.74) is 2.32. The van der Waals surface area contributed by atoms with Crippen LogP contribution in [0.2, 0.25) is 0 Å². The number of para-hydroxylation sites is 1. The van der Waals surface area contributed by atoms with Gasteiger partial charge in [0.15, 0.2) is 6.33 Å². The SMILES string of the molecule is CCCCCC1=NCC[SH]1c1cccc2n[c]n(C)c12. The third kappa shape index (κ3) is 2.49. The molecule has 0 saturated heterocycles. The maximum Gasteiger partial charge on any atom is 0.177 e. The van der Waals surface area contributed by atoms with Crippen LogP contribution >= 0.6 is 10.9 Å². The van der Waals surface area contributed by atoms with Crippen LogP contribution in [0.3, 0.4) is 0 Å². The molecule has 1 aromatic carbocycles. The van der Waals surface area contributed by atoms with Gasteiger partial charge >= 0.3 is 0 Å². The van der Waals surface area contributed by atoms with Crippen LogP contribution in [0.15, 0.2) is 28.1 Å². The Labute approximate surface area is 123 Å². The monoisotopic (exact) mass is 288 g/mol. The fourth-order valence-electron chi connectivity index (χ4n) is 2.85. The van der Waals surface area contributed by atoms with E-state index in [0.29, 0.717) is 0 Å². The summed E-state index contributed by atoms with van der Waals surface area (Å²) in [5, 5.41) is 1.46. The number of aliphatic imine (C=N–C) groups is 1. The van der Waals surface area contributed by atoms with Gasteiger partial charge in [-0.2, -0.15) is 10.9 Å². The molecular formula is C16H22N3S. The van der Waals surface area contributed by atoms with E-state index in [1.54, 1.807) is 0 Å². The summed E-state index contributed by atoms with van der Waals surface area (Å²) < 4.78 is 2.04. The smallest absolute Gasteiger partial charge is 0.177 e. The number of aryl methyl sites for hydroxylation is 1. The number of nitrogens with zero attached hydrogens (tertiary/aromatic N) is 3. The predicted molar refractivity (Wildman–Crippen MR) is 88.1 cm³/mol. The van der Waals surface area contributed by atoms with E-state index in [1.807, 2.05) is 11.6 Å². The zero-order valence-electron chi connectivity index (χ0n) is 12.3. The van der Waals surface area contributed by atoms with Gasteiger partial charge in [0.1, 0.15) is 0 Å². The lowest BCUT2D eigenvalue weighted by atomic mass is 10.2. The van der Waals surface area contributed by atoms with Gasteiger partial charge in [-0.1, -0.05) is 25.8 Å². The van der Waals surface area contributed by atoms with Crippen LogP contribution in [-0.4, -0.2) is 26.9 Å². The molecule has 0 saturated carbocycles. The minimum absolute atomic E-state index is 0.241. The Bertz CT molecular complexity index is 630. The van der Waals surface area contributed by atoms with E-state index < -0.39 is 0 Å². The summed E-state index contributed by atoms with van der Waals surface area (Å²) >= 11 is 0. The Morgan fingerprint density at radius 1 is 1.35 bits per heavy atom. The minimum atomic E-state index is -0.241. The number of unbranched alkanes of at least 4 members (excludes halogenated alkanes) is 2. The summed E-state index contributed by atoms with van der Waals surface area (Å²) in [6.45, 7) is 3.26. The quantitative estimate of drug-likeness (QED) is 0.659. The minimum Gasteiger partial charge on any atom is -0.324 e. The first-order valence-electron chi connectivity index (χ1n) is 7.45. The molecule has 0 aliphatic carbocycles. The Hall–Kier alpha value is -1.29. The van der Waals surface area contributed by atoms with Gasteiger partial charge in [0.25, 0.3) is 0 Å². The summed E-state index contributed by atoms with van der Waals surface area (Å²) in [4.78, 5) is 10.6. The van der Waals surface area contributed by atoms with Crippen LogP contribution in [0.1, 0.15) is 32.6 Å². The molecule has 1 atom stereocenters. The van der Waals surface area contributed by atoms with Crippen molar-refractivity contribution in [2.24, 2.45) is 12.0 Å². The Morgan fingerprint density at radius 2 is 2.25 bits per heavy atom. The first-order chi connectivity index (χ1) is 9.81. The third-order valence-corrected chi connectivity index (χ3v) is 6.45. The van der Waals surface area contributed by atoms with Crippen LogP contribution in [-0.2, 0) is 7.05 Å². The van der Waals surface area contributed by atoms with Crippen molar-refractivity contribution in [1.82, 2.24) is 9.55 Å². The average Bonchev–Trinajstić information content (AvgIpc) is 3.07. The molecule has 1 aliphatic rings. The molecule has 0 amide bonds. The molecule has 3 rings (SSSR count). The number of aromatic nitrogens is 2. The van der Waals surface area contributed by atoms with E-state index in [1.165, 1.54) is 46.9 Å². The molecule has 20 heavy (non-hydrogen) atoms. The van der Waals surface area contributed by atoms with E-state index in [0.717, 1.165) is 12.1 Å². The zero-order valence-corrected chi connectivity index (χ0v) is 13.2. The highest BCUT2D eigenvalue weighted by molar-refractivity contribution is 8.30. The highest BCUT2D eigenvalue weighted by atomic mass is 32.2. The van der Waals surface area contributed by atoms with Gasteiger partial charge in [0.05, 0.1) is 16.1 Å². The molecule has 4 heteroatoms. The van der Waals surface area contributed by atoms with Crippen molar-refractivity contribution in [3.05, 3.63) is 24.5 Å². The van der Waals surface area contributed by atoms with E-state index >= 15 is 0 Å². The standard InChI is InChI=1S/C16H22N3S/c1-3-4-5-9-15-17-10-11-20(15)14-8-6-7-13-16(14)19(2)12-18-13/h6-8,20H,3-5,9-11H2,1-2H3. The number of rotatable bonds is 5. The molecule has 107 valence electrons. The molecule has 2 aromatic rings. The lowest BCUT2D eigenvalue weighted by Gasteiger charge is -2.19. The van der Waals surface area contributed by atoms with Crippen LogP contribution < -0.4 is 0 Å². The zero-order chi connectivity index (χ0) is 13.9. The van der Waals surface area contributed by atoms with Gasteiger partial charge in [-0.15, -0.1) is 0 Å². The lowest BCUT2D eigenvalue weighted by molar-refractivity contribution is 0.744. The highest BCUT2D eigenvalue weighted by Gasteiger charge is 2.21. The Balaban J connectivity index is 1.90. The molecule has 0 spiro atoms. The molecule has 2 heterocycles. The lowest BCUT2D eigenvalue weighted by Crippen LogP contribution is -2.00. The van der Waals surface area contributed by atoms with Gasteiger partial charge in [-0.3, -0.25) is 4.99 Å². The predicted octanol–water partition coefficient (Wildman–Crippen LogP) is 3.73. The van der Waals surface area contributed by atoms with E-state index in [4.69, 9.17) is 4.99 Å². The number of hydrogen-bond donors (Lipinski definition) is 1. The van der Waals surface area contributed by atoms with Crippen molar-refractivity contribution in [3.63, 3.8) is 0 Å². The molecule has 0 N–H and O–H groups in total. The van der Waals surface area contributed by atoms with Crippen LogP contribution in [0, 0.1) is 6.33 Å². The number of thiol groups is 1. The second kappa shape index (κ2) is 6.00. The fourth-order valence-corrected chi connectivity index (χ4v) is 5.41. The number of hydrogen-bond acceptors (Lipinski definition) is 2. The van der Waals surface area contributed by atoms with Crippen molar-refractivity contribution in [3.8, 4) is 0 Å². The van der Waals surface area contributed by atoms with Crippen molar-refractivity contribution < 1.29 is 0 Å². The van der Waals surface area contributed by atoms with Gasteiger partial charge in [0, 0.05) is 24.2 Å². The molecule has 0 bridgehead atoms. The van der Waals surface area contributed by atoms with Gasteiger partial charge in [-0.25, -0.2) is 4.98 Å². The summed E-state index contributed by atoms with van der Waals surface area (Å²) in [5.74, 6) is 1.21. The van der Waals surface area contributed by atoms with E-state index in [9.17, 15) is 0 Å². The van der Waals surface area contributed by atoms with Crippen molar-refractivity contribution in [2.45, 2.75) is 37.5 Å². The highest BCUT2D eigenvalue weighted by Crippen LogP contribution is 2.45. The van der Waals surface area contributed by atoms with Gasteiger partial charge in [0.2, 0.25) is 0 Å². The average molecular weight is 288 g/mol. The van der Waals surface area contributed by atoms with Crippen molar-refractivity contribution >= 4 is 27.0 Å². The van der Waals surface area contributed by atoms with Crippen molar-refractivity contribution in [2.75, 3.05) is 12.3 Å². The molecular weight excluding hydrogens is 266 g/mol. The summed E-state index contributed by atoms with van der Waals surface area (Å²) in [7, 11) is 1.80. The molecule has 1 aromatic heterocycles.